The number of ether oxygens (including phenoxy) is 3. The second-order valence-corrected chi connectivity index (χ2v) is 5.37. The van der Waals surface area contributed by atoms with E-state index < -0.39 is 11.6 Å². The van der Waals surface area contributed by atoms with Gasteiger partial charge < -0.3 is 18.6 Å². The average Bonchev–Trinajstić information content (AvgIpc) is 2.57. The second-order valence-electron chi connectivity index (χ2n) is 5.37. The van der Waals surface area contributed by atoms with Gasteiger partial charge in [0.05, 0.1) is 13.7 Å². The van der Waals surface area contributed by atoms with Crippen LogP contribution in [-0.2, 0) is 25.5 Å². The van der Waals surface area contributed by atoms with Crippen LogP contribution < -0.4 is 10.4 Å². The third-order valence-corrected chi connectivity index (χ3v) is 3.61. The van der Waals surface area contributed by atoms with Crippen LogP contribution in [0, 0.1) is 6.92 Å². The molecule has 0 N–H and O–H groups in total. The van der Waals surface area contributed by atoms with Crippen molar-refractivity contribution in [1.29, 1.82) is 0 Å². The van der Waals surface area contributed by atoms with Crippen LogP contribution in [0.4, 0.5) is 0 Å². The molecule has 0 fully saturated rings. The third-order valence-electron chi connectivity index (χ3n) is 3.61. The molecule has 0 unspecified atom stereocenters. The molecule has 7 heteroatoms. The van der Waals surface area contributed by atoms with E-state index in [0.29, 0.717) is 23.3 Å². The molecule has 1 aromatic heterocycles. The summed E-state index contributed by atoms with van der Waals surface area (Å²) >= 11 is 0. The summed E-state index contributed by atoms with van der Waals surface area (Å²) in [7, 11) is 1.32. The molecule has 134 valence electrons. The maximum absolute atomic E-state index is 11.6. The Morgan fingerprint density at radius 2 is 1.92 bits per heavy atom. The van der Waals surface area contributed by atoms with Crippen LogP contribution in [0.25, 0.3) is 11.0 Å². The molecule has 7 nitrogen and oxygen atoms in total. The molecule has 0 aliphatic heterocycles. The van der Waals surface area contributed by atoms with E-state index >= 15 is 0 Å². The van der Waals surface area contributed by atoms with Gasteiger partial charge >= 0.3 is 17.6 Å². The zero-order valence-corrected chi connectivity index (χ0v) is 14.4. The van der Waals surface area contributed by atoms with E-state index in [0.717, 1.165) is 10.9 Å². The first-order valence-corrected chi connectivity index (χ1v) is 7.87. The Morgan fingerprint density at radius 1 is 1.16 bits per heavy atom. The maximum Gasteiger partial charge on any atom is 0.344 e. The Bertz CT molecular complexity index is 835. The molecule has 0 atom stereocenters. The molecular formula is C18H20O7. The van der Waals surface area contributed by atoms with Gasteiger partial charge in [0.1, 0.15) is 11.3 Å². The number of methoxy groups -OCH3 is 1. The van der Waals surface area contributed by atoms with Crippen molar-refractivity contribution in [3.63, 3.8) is 0 Å². The molecule has 0 spiro atoms. The fourth-order valence-corrected chi connectivity index (χ4v) is 2.40. The summed E-state index contributed by atoms with van der Waals surface area (Å²) in [5.41, 5.74) is 1.34. The van der Waals surface area contributed by atoms with Crippen molar-refractivity contribution in [3.8, 4) is 5.75 Å². The molecule has 0 bridgehead atoms. The molecule has 0 saturated heterocycles. The van der Waals surface area contributed by atoms with Crippen LogP contribution in [0.1, 0.15) is 24.5 Å². The van der Waals surface area contributed by atoms with Gasteiger partial charge in [-0.15, -0.1) is 0 Å². The Kier molecular flexibility index (Phi) is 6.16. The van der Waals surface area contributed by atoms with Gasteiger partial charge in [0.2, 0.25) is 0 Å². The monoisotopic (exact) mass is 348 g/mol. The van der Waals surface area contributed by atoms with Gasteiger partial charge in [-0.25, -0.2) is 9.59 Å². The van der Waals surface area contributed by atoms with E-state index in [1.54, 1.807) is 26.0 Å². The van der Waals surface area contributed by atoms with E-state index in [2.05, 4.69) is 4.74 Å². The third kappa shape index (κ3) is 4.82. The highest BCUT2D eigenvalue weighted by molar-refractivity contribution is 5.83. The van der Waals surface area contributed by atoms with Crippen molar-refractivity contribution in [2.75, 3.05) is 20.3 Å². The predicted molar refractivity (Wildman–Crippen MR) is 89.7 cm³/mol. The Hall–Kier alpha value is -2.83. The molecule has 2 rings (SSSR count). The summed E-state index contributed by atoms with van der Waals surface area (Å²) in [4.78, 5) is 34.5. The van der Waals surface area contributed by atoms with Crippen molar-refractivity contribution in [2.24, 2.45) is 0 Å². The summed E-state index contributed by atoms with van der Waals surface area (Å²) < 4.78 is 20.2. The SMILES string of the molecule is CCOC(=O)COc1cc2oc(=O)cc(C)c2cc1CCC(=O)OC. The Morgan fingerprint density at radius 3 is 2.60 bits per heavy atom. The van der Waals surface area contributed by atoms with Gasteiger partial charge in [-0.05, 0) is 37.5 Å². The lowest BCUT2D eigenvalue weighted by Gasteiger charge is -2.13. The summed E-state index contributed by atoms with van der Waals surface area (Å²) in [5, 5.41) is 0.739. The average molecular weight is 348 g/mol. The van der Waals surface area contributed by atoms with Crippen molar-refractivity contribution >= 4 is 22.9 Å². The lowest BCUT2D eigenvalue weighted by molar-refractivity contribution is -0.145. The molecule has 0 aliphatic carbocycles. The number of fused-ring (bicyclic) bond motifs is 1. The van der Waals surface area contributed by atoms with E-state index in [-0.39, 0.29) is 25.6 Å². The van der Waals surface area contributed by atoms with Gasteiger partial charge in [-0.1, -0.05) is 0 Å². The molecule has 1 heterocycles. The van der Waals surface area contributed by atoms with Gasteiger partial charge in [-0.2, -0.15) is 0 Å². The number of hydrogen-bond acceptors (Lipinski definition) is 7. The number of rotatable bonds is 7. The second kappa shape index (κ2) is 8.32. The highest BCUT2D eigenvalue weighted by atomic mass is 16.6. The van der Waals surface area contributed by atoms with Crippen LogP contribution in [0.5, 0.6) is 5.75 Å². The van der Waals surface area contributed by atoms with E-state index in [1.807, 2.05) is 0 Å². The lowest BCUT2D eigenvalue weighted by atomic mass is 10.0. The first-order valence-electron chi connectivity index (χ1n) is 7.87. The quantitative estimate of drug-likeness (QED) is 0.559. The first-order chi connectivity index (χ1) is 11.9. The zero-order valence-electron chi connectivity index (χ0n) is 14.4. The summed E-state index contributed by atoms with van der Waals surface area (Å²) in [6.07, 6.45) is 0.521. The molecule has 0 aliphatic rings. The first kappa shape index (κ1) is 18.5. The van der Waals surface area contributed by atoms with E-state index in [4.69, 9.17) is 13.9 Å². The smallest absolute Gasteiger partial charge is 0.344 e. The fraction of sp³-hybridized carbons (Fsp3) is 0.389. The lowest BCUT2D eigenvalue weighted by Crippen LogP contribution is -2.15. The van der Waals surface area contributed by atoms with E-state index in [1.165, 1.54) is 13.2 Å². The van der Waals surface area contributed by atoms with Crippen molar-refractivity contribution in [2.45, 2.75) is 26.7 Å². The molecular weight excluding hydrogens is 328 g/mol. The van der Waals surface area contributed by atoms with Crippen LogP contribution in [-0.4, -0.2) is 32.3 Å². The maximum atomic E-state index is 11.6. The highest BCUT2D eigenvalue weighted by Crippen LogP contribution is 2.28. The fourth-order valence-electron chi connectivity index (χ4n) is 2.40. The Labute approximate surface area is 144 Å². The summed E-state index contributed by atoms with van der Waals surface area (Å²) in [6, 6.07) is 4.73. The van der Waals surface area contributed by atoms with Gasteiger partial charge in [0.15, 0.2) is 6.61 Å². The minimum absolute atomic E-state index is 0.160. The van der Waals surface area contributed by atoms with Crippen molar-refractivity contribution in [3.05, 3.63) is 39.7 Å². The van der Waals surface area contributed by atoms with Gasteiger partial charge in [0.25, 0.3) is 0 Å². The zero-order chi connectivity index (χ0) is 18.4. The molecule has 25 heavy (non-hydrogen) atoms. The normalized spacial score (nSPS) is 10.5. The largest absolute Gasteiger partial charge is 0.481 e. The minimum atomic E-state index is -0.507. The molecule has 1 aromatic carbocycles. The van der Waals surface area contributed by atoms with E-state index in [9.17, 15) is 14.4 Å². The topological polar surface area (TPSA) is 92.0 Å². The molecule has 0 saturated carbocycles. The number of hydrogen-bond donors (Lipinski definition) is 0. The molecule has 0 radical (unpaired) electrons. The van der Waals surface area contributed by atoms with Crippen molar-refractivity contribution in [1.82, 2.24) is 0 Å². The van der Waals surface area contributed by atoms with Crippen LogP contribution in [0.15, 0.2) is 27.4 Å². The number of carbonyl (C=O) groups excluding carboxylic acids is 2. The number of esters is 2. The van der Waals surface area contributed by atoms with Gasteiger partial charge in [0, 0.05) is 23.9 Å². The van der Waals surface area contributed by atoms with Crippen molar-refractivity contribution < 1.29 is 28.2 Å². The van der Waals surface area contributed by atoms with Crippen LogP contribution in [0.3, 0.4) is 0 Å². The summed E-state index contributed by atoms with van der Waals surface area (Å²) in [5.74, 6) is -0.502. The molecule has 0 amide bonds. The van der Waals surface area contributed by atoms with Crippen LogP contribution >= 0.6 is 0 Å². The number of aryl methyl sites for hydroxylation is 2. The predicted octanol–water partition coefficient (Wildman–Crippen LogP) is 2.15. The minimum Gasteiger partial charge on any atom is -0.481 e. The van der Waals surface area contributed by atoms with Crippen LogP contribution in [0.2, 0.25) is 0 Å². The highest BCUT2D eigenvalue weighted by Gasteiger charge is 2.14. The number of benzene rings is 1. The Balaban J connectivity index is 2.38. The molecule has 2 aromatic rings. The standard InChI is InChI=1S/C18H20O7/c1-4-23-18(21)10-24-14-9-15-13(11(2)7-17(20)25-15)8-12(14)5-6-16(19)22-3/h7-9H,4-6,10H2,1-3H3. The van der Waals surface area contributed by atoms with Gasteiger partial charge in [-0.3, -0.25) is 4.79 Å². The number of carbonyl (C=O) groups is 2. The summed E-state index contributed by atoms with van der Waals surface area (Å²) in [6.45, 7) is 3.47.